The average Bonchev–Trinajstić information content (AvgIpc) is 2.97. The summed E-state index contributed by atoms with van der Waals surface area (Å²) in [4.78, 5) is 0. The highest BCUT2D eigenvalue weighted by atomic mass is 16.5. The summed E-state index contributed by atoms with van der Waals surface area (Å²) in [5.74, 6) is 0.806. The van der Waals surface area contributed by atoms with E-state index in [1.165, 1.54) is 5.56 Å². The zero-order chi connectivity index (χ0) is 14.9. The standard InChI is InChI=1S/C19H19NO/c1-19(2,3)16-11-7-10-15(12-16)18-13-17(20-21-18)14-8-5-4-6-9-14/h4-13H,1-3H3. The smallest absolute Gasteiger partial charge is 0.167 e. The lowest BCUT2D eigenvalue weighted by atomic mass is 9.86. The van der Waals surface area contributed by atoms with Gasteiger partial charge in [-0.2, -0.15) is 0 Å². The molecule has 0 unspecified atom stereocenters. The Hall–Kier alpha value is -2.35. The van der Waals surface area contributed by atoms with Crippen molar-refractivity contribution in [3.05, 3.63) is 66.2 Å². The molecule has 3 aromatic rings. The molecule has 0 radical (unpaired) electrons. The van der Waals surface area contributed by atoms with E-state index in [-0.39, 0.29) is 5.41 Å². The number of hydrogen-bond acceptors (Lipinski definition) is 2. The third-order valence-electron chi connectivity index (χ3n) is 3.59. The molecule has 2 nitrogen and oxygen atoms in total. The van der Waals surface area contributed by atoms with E-state index in [1.807, 2.05) is 36.4 Å². The molecule has 0 aliphatic carbocycles. The molecule has 0 aliphatic rings. The lowest BCUT2D eigenvalue weighted by Crippen LogP contribution is -2.10. The van der Waals surface area contributed by atoms with Gasteiger partial charge in [0.15, 0.2) is 5.76 Å². The summed E-state index contributed by atoms with van der Waals surface area (Å²) in [6.07, 6.45) is 0. The summed E-state index contributed by atoms with van der Waals surface area (Å²) in [7, 11) is 0. The zero-order valence-electron chi connectivity index (χ0n) is 12.6. The molecule has 0 bridgehead atoms. The molecular formula is C19H19NO. The van der Waals surface area contributed by atoms with Crippen molar-refractivity contribution in [3.63, 3.8) is 0 Å². The van der Waals surface area contributed by atoms with Gasteiger partial charge >= 0.3 is 0 Å². The van der Waals surface area contributed by atoms with Crippen molar-refractivity contribution >= 4 is 0 Å². The van der Waals surface area contributed by atoms with Gasteiger partial charge in [0.05, 0.1) is 0 Å². The Kier molecular flexibility index (Phi) is 3.38. The van der Waals surface area contributed by atoms with E-state index in [2.05, 4.69) is 50.2 Å². The lowest BCUT2D eigenvalue weighted by molar-refractivity contribution is 0.435. The Morgan fingerprint density at radius 3 is 2.24 bits per heavy atom. The Balaban J connectivity index is 1.97. The molecule has 3 rings (SSSR count). The summed E-state index contributed by atoms with van der Waals surface area (Å²) in [5, 5.41) is 4.18. The van der Waals surface area contributed by atoms with Crippen molar-refractivity contribution in [2.75, 3.05) is 0 Å². The van der Waals surface area contributed by atoms with Crippen LogP contribution in [0.4, 0.5) is 0 Å². The molecule has 0 saturated heterocycles. The van der Waals surface area contributed by atoms with Gasteiger partial charge in [0.2, 0.25) is 0 Å². The molecule has 1 aromatic heterocycles. The molecule has 0 fully saturated rings. The van der Waals surface area contributed by atoms with Crippen LogP contribution in [0.25, 0.3) is 22.6 Å². The zero-order valence-corrected chi connectivity index (χ0v) is 12.6. The maximum absolute atomic E-state index is 5.52. The van der Waals surface area contributed by atoms with Crippen LogP contribution in [0.15, 0.2) is 65.2 Å². The molecular weight excluding hydrogens is 258 g/mol. The fourth-order valence-corrected chi connectivity index (χ4v) is 2.30. The van der Waals surface area contributed by atoms with Crippen LogP contribution in [-0.4, -0.2) is 5.16 Å². The van der Waals surface area contributed by atoms with Crippen LogP contribution in [0.3, 0.4) is 0 Å². The highest BCUT2D eigenvalue weighted by Gasteiger charge is 2.15. The number of benzene rings is 2. The van der Waals surface area contributed by atoms with Gasteiger partial charge < -0.3 is 4.52 Å². The predicted molar refractivity (Wildman–Crippen MR) is 86.1 cm³/mol. The van der Waals surface area contributed by atoms with Gasteiger partial charge in [-0.1, -0.05) is 74.5 Å². The first kappa shape index (κ1) is 13.6. The highest BCUT2D eigenvalue weighted by molar-refractivity contribution is 5.67. The first-order valence-electron chi connectivity index (χ1n) is 7.17. The minimum atomic E-state index is 0.123. The predicted octanol–water partition coefficient (Wildman–Crippen LogP) is 5.31. The fraction of sp³-hybridized carbons (Fsp3) is 0.211. The molecule has 0 amide bonds. The molecule has 0 spiro atoms. The van der Waals surface area contributed by atoms with Crippen LogP contribution in [0.5, 0.6) is 0 Å². The minimum absolute atomic E-state index is 0.123. The van der Waals surface area contributed by atoms with Crippen molar-refractivity contribution < 1.29 is 4.52 Å². The normalized spacial score (nSPS) is 11.6. The van der Waals surface area contributed by atoms with Gasteiger partial charge in [-0.25, -0.2) is 0 Å². The van der Waals surface area contributed by atoms with E-state index in [1.54, 1.807) is 0 Å². The topological polar surface area (TPSA) is 26.0 Å². The SMILES string of the molecule is CC(C)(C)c1cccc(-c2cc(-c3ccccc3)no2)c1. The fourth-order valence-electron chi connectivity index (χ4n) is 2.30. The number of hydrogen-bond donors (Lipinski definition) is 0. The van der Waals surface area contributed by atoms with E-state index >= 15 is 0 Å². The summed E-state index contributed by atoms with van der Waals surface area (Å²) in [5.41, 5.74) is 4.42. The van der Waals surface area contributed by atoms with Gasteiger partial charge in [0.25, 0.3) is 0 Å². The molecule has 106 valence electrons. The van der Waals surface area contributed by atoms with Crippen molar-refractivity contribution in [1.29, 1.82) is 0 Å². The third-order valence-corrected chi connectivity index (χ3v) is 3.59. The molecule has 0 atom stereocenters. The quantitative estimate of drug-likeness (QED) is 0.634. The third kappa shape index (κ3) is 2.89. The maximum Gasteiger partial charge on any atom is 0.167 e. The van der Waals surface area contributed by atoms with Gasteiger partial charge in [-0.3, -0.25) is 0 Å². The molecule has 0 N–H and O–H groups in total. The Morgan fingerprint density at radius 1 is 0.810 bits per heavy atom. The molecule has 1 heterocycles. The van der Waals surface area contributed by atoms with Crippen molar-refractivity contribution in [2.24, 2.45) is 0 Å². The Labute approximate surface area is 125 Å². The van der Waals surface area contributed by atoms with E-state index < -0.39 is 0 Å². The molecule has 21 heavy (non-hydrogen) atoms. The van der Waals surface area contributed by atoms with Crippen LogP contribution < -0.4 is 0 Å². The van der Waals surface area contributed by atoms with Crippen molar-refractivity contribution in [3.8, 4) is 22.6 Å². The largest absolute Gasteiger partial charge is 0.356 e. The van der Waals surface area contributed by atoms with Gasteiger partial charge in [-0.05, 0) is 17.0 Å². The second-order valence-corrected chi connectivity index (χ2v) is 6.27. The summed E-state index contributed by atoms with van der Waals surface area (Å²) >= 11 is 0. The average molecular weight is 277 g/mol. The van der Waals surface area contributed by atoms with Crippen molar-refractivity contribution in [2.45, 2.75) is 26.2 Å². The first-order chi connectivity index (χ1) is 10.0. The Morgan fingerprint density at radius 2 is 1.52 bits per heavy atom. The lowest BCUT2D eigenvalue weighted by Gasteiger charge is -2.19. The van der Waals surface area contributed by atoms with Crippen LogP contribution >= 0.6 is 0 Å². The van der Waals surface area contributed by atoms with Gasteiger partial charge in [0, 0.05) is 17.2 Å². The molecule has 0 saturated carbocycles. The van der Waals surface area contributed by atoms with Crippen molar-refractivity contribution in [1.82, 2.24) is 5.16 Å². The monoisotopic (exact) mass is 277 g/mol. The Bertz CT molecular complexity index is 736. The van der Waals surface area contributed by atoms with Crippen LogP contribution in [0.2, 0.25) is 0 Å². The second-order valence-electron chi connectivity index (χ2n) is 6.27. The molecule has 0 aliphatic heterocycles. The van der Waals surface area contributed by atoms with E-state index in [9.17, 15) is 0 Å². The second kappa shape index (κ2) is 5.21. The van der Waals surface area contributed by atoms with E-state index in [4.69, 9.17) is 4.52 Å². The van der Waals surface area contributed by atoms with Gasteiger partial charge in [-0.15, -0.1) is 0 Å². The summed E-state index contributed by atoms with van der Waals surface area (Å²) in [6, 6.07) is 20.5. The molecule has 2 heteroatoms. The first-order valence-corrected chi connectivity index (χ1v) is 7.17. The maximum atomic E-state index is 5.52. The number of aromatic nitrogens is 1. The number of rotatable bonds is 2. The summed E-state index contributed by atoms with van der Waals surface area (Å²) < 4.78 is 5.52. The molecule has 2 aromatic carbocycles. The van der Waals surface area contributed by atoms with E-state index in [0.29, 0.717) is 0 Å². The number of nitrogens with zero attached hydrogens (tertiary/aromatic N) is 1. The van der Waals surface area contributed by atoms with E-state index in [0.717, 1.165) is 22.6 Å². The van der Waals surface area contributed by atoms with Crippen LogP contribution in [0, 0.1) is 0 Å². The minimum Gasteiger partial charge on any atom is -0.356 e. The van der Waals surface area contributed by atoms with Gasteiger partial charge in [0.1, 0.15) is 5.69 Å². The highest BCUT2D eigenvalue weighted by Crippen LogP contribution is 2.29. The van der Waals surface area contributed by atoms with Crippen LogP contribution in [-0.2, 0) is 5.41 Å². The van der Waals surface area contributed by atoms with Crippen LogP contribution in [0.1, 0.15) is 26.3 Å². The summed E-state index contributed by atoms with van der Waals surface area (Å²) in [6.45, 7) is 6.63.